The molecule has 3 aromatic carbocycles. The number of carbonyl (C=O) groups excluding carboxylic acids is 2. The average Bonchev–Trinajstić information content (AvgIpc) is 3.37. The third-order valence-corrected chi connectivity index (χ3v) is 6.78. The van der Waals surface area contributed by atoms with Crippen molar-refractivity contribution in [3.05, 3.63) is 94.5 Å². The first-order chi connectivity index (χ1) is 16.5. The van der Waals surface area contributed by atoms with Crippen molar-refractivity contribution in [2.45, 2.75) is 13.0 Å². The lowest BCUT2D eigenvalue weighted by atomic mass is 9.95. The molecule has 1 aliphatic rings. The molecule has 34 heavy (non-hydrogen) atoms. The molecular formula is C26H19ClN2O4S. The summed E-state index contributed by atoms with van der Waals surface area (Å²) in [4.78, 5) is 32.5. The molecule has 4 aromatic rings. The molecule has 0 aliphatic carbocycles. The predicted molar refractivity (Wildman–Crippen MR) is 133 cm³/mol. The van der Waals surface area contributed by atoms with E-state index in [4.69, 9.17) is 16.3 Å². The Bertz CT molecular complexity index is 1450. The molecule has 1 fully saturated rings. The molecule has 1 atom stereocenters. The number of aliphatic hydroxyl groups is 1. The molecule has 5 rings (SSSR count). The standard InChI is InChI=1S/C26H19ClN2O4S/c1-2-33-18-10-6-9-16(13-18)23(30)21-22(15-7-4-3-5-8-15)29(25(32)24(21)31)26-28-19-12-11-17(27)14-20(19)34-26/h3-14,22,30H,2H2,1H3/b23-21+. The normalized spacial score (nSPS) is 17.5. The number of aromatic nitrogens is 1. The minimum absolute atomic E-state index is 0.00198. The Labute approximate surface area is 204 Å². The number of ether oxygens (including phenoxy) is 1. The van der Waals surface area contributed by atoms with Gasteiger partial charge in [-0.05, 0) is 42.8 Å². The Morgan fingerprint density at radius 2 is 1.88 bits per heavy atom. The van der Waals surface area contributed by atoms with Crippen molar-refractivity contribution in [1.82, 2.24) is 4.98 Å². The van der Waals surface area contributed by atoms with E-state index < -0.39 is 17.7 Å². The van der Waals surface area contributed by atoms with E-state index in [2.05, 4.69) is 4.98 Å². The zero-order valence-electron chi connectivity index (χ0n) is 18.1. The van der Waals surface area contributed by atoms with Gasteiger partial charge in [0.05, 0.1) is 28.4 Å². The first-order valence-electron chi connectivity index (χ1n) is 10.6. The molecular weight excluding hydrogens is 472 g/mol. The van der Waals surface area contributed by atoms with Crippen LogP contribution in [-0.4, -0.2) is 28.4 Å². The van der Waals surface area contributed by atoms with Crippen molar-refractivity contribution in [2.75, 3.05) is 11.5 Å². The number of halogens is 1. The Hall–Kier alpha value is -3.68. The monoisotopic (exact) mass is 490 g/mol. The number of rotatable bonds is 5. The molecule has 0 spiro atoms. The van der Waals surface area contributed by atoms with Crippen molar-refractivity contribution in [3.63, 3.8) is 0 Å². The molecule has 0 saturated carbocycles. The molecule has 1 N–H and O–H groups in total. The molecule has 8 heteroatoms. The SMILES string of the molecule is CCOc1cccc(/C(O)=C2\C(=O)C(=O)N(c3nc4ccc(Cl)cc4s3)C2c2ccccc2)c1. The van der Waals surface area contributed by atoms with E-state index >= 15 is 0 Å². The van der Waals surface area contributed by atoms with Crippen LogP contribution in [0, 0.1) is 0 Å². The van der Waals surface area contributed by atoms with Gasteiger partial charge in [0.15, 0.2) is 5.13 Å². The second-order valence-corrected chi connectivity index (χ2v) is 9.09. The predicted octanol–water partition coefficient (Wildman–Crippen LogP) is 5.97. The van der Waals surface area contributed by atoms with Gasteiger partial charge in [0, 0.05) is 10.6 Å². The first-order valence-corrected chi connectivity index (χ1v) is 11.8. The number of nitrogens with zero attached hydrogens (tertiary/aromatic N) is 2. The summed E-state index contributed by atoms with van der Waals surface area (Å²) in [6.45, 7) is 2.32. The number of ketones is 1. The van der Waals surface area contributed by atoms with Crippen LogP contribution in [0.5, 0.6) is 5.75 Å². The fourth-order valence-corrected chi connectivity index (χ4v) is 5.29. The topological polar surface area (TPSA) is 79.7 Å². The Morgan fingerprint density at radius 3 is 2.65 bits per heavy atom. The van der Waals surface area contributed by atoms with Crippen molar-refractivity contribution < 1.29 is 19.4 Å². The van der Waals surface area contributed by atoms with Crippen molar-refractivity contribution in [3.8, 4) is 5.75 Å². The second kappa shape index (κ2) is 8.93. The third kappa shape index (κ3) is 3.83. The van der Waals surface area contributed by atoms with Gasteiger partial charge >= 0.3 is 5.91 Å². The smallest absolute Gasteiger partial charge is 0.301 e. The summed E-state index contributed by atoms with van der Waals surface area (Å²) in [6, 6.07) is 20.4. The molecule has 0 bridgehead atoms. The Morgan fingerprint density at radius 1 is 1.09 bits per heavy atom. The van der Waals surface area contributed by atoms with E-state index in [9.17, 15) is 14.7 Å². The van der Waals surface area contributed by atoms with Crippen molar-refractivity contribution in [1.29, 1.82) is 0 Å². The summed E-state index contributed by atoms with van der Waals surface area (Å²) >= 11 is 7.39. The van der Waals surface area contributed by atoms with E-state index in [0.29, 0.717) is 39.2 Å². The van der Waals surface area contributed by atoms with E-state index in [1.165, 1.54) is 16.2 Å². The summed E-state index contributed by atoms with van der Waals surface area (Å²) in [5.41, 5.74) is 1.74. The van der Waals surface area contributed by atoms with E-state index in [1.54, 1.807) is 42.5 Å². The van der Waals surface area contributed by atoms with Gasteiger partial charge in [0.1, 0.15) is 11.5 Å². The lowest BCUT2D eigenvalue weighted by Crippen LogP contribution is -2.29. The minimum atomic E-state index is -0.840. The molecule has 1 saturated heterocycles. The zero-order valence-corrected chi connectivity index (χ0v) is 19.6. The molecule has 170 valence electrons. The molecule has 6 nitrogen and oxygen atoms in total. The van der Waals surface area contributed by atoms with Crippen LogP contribution in [-0.2, 0) is 9.59 Å². The maximum atomic E-state index is 13.3. The van der Waals surface area contributed by atoms with Gasteiger partial charge in [0.25, 0.3) is 5.78 Å². The second-order valence-electron chi connectivity index (χ2n) is 7.65. The number of hydrogen-bond acceptors (Lipinski definition) is 6. The average molecular weight is 491 g/mol. The molecule has 1 aromatic heterocycles. The van der Waals surface area contributed by atoms with Crippen LogP contribution in [0.25, 0.3) is 16.0 Å². The Balaban J connectivity index is 1.70. The lowest BCUT2D eigenvalue weighted by molar-refractivity contribution is -0.132. The highest BCUT2D eigenvalue weighted by molar-refractivity contribution is 7.22. The number of thiazole rings is 1. The summed E-state index contributed by atoms with van der Waals surface area (Å²) < 4.78 is 6.33. The van der Waals surface area contributed by atoms with Crippen LogP contribution in [0.3, 0.4) is 0 Å². The van der Waals surface area contributed by atoms with Crippen molar-refractivity contribution >= 4 is 55.7 Å². The van der Waals surface area contributed by atoms with E-state index in [-0.39, 0.29) is 11.3 Å². The van der Waals surface area contributed by atoms with Gasteiger partial charge in [-0.1, -0.05) is 65.4 Å². The van der Waals surface area contributed by atoms with Crippen LogP contribution in [0.15, 0.2) is 78.4 Å². The lowest BCUT2D eigenvalue weighted by Gasteiger charge is -2.23. The highest BCUT2D eigenvalue weighted by Crippen LogP contribution is 2.44. The van der Waals surface area contributed by atoms with E-state index in [1.807, 2.05) is 37.3 Å². The maximum Gasteiger partial charge on any atom is 0.301 e. The summed E-state index contributed by atoms with van der Waals surface area (Å²) in [7, 11) is 0. The number of carbonyl (C=O) groups is 2. The molecule has 2 heterocycles. The quantitative estimate of drug-likeness (QED) is 0.211. The van der Waals surface area contributed by atoms with Gasteiger partial charge < -0.3 is 9.84 Å². The van der Waals surface area contributed by atoms with Crippen LogP contribution in [0.2, 0.25) is 5.02 Å². The van der Waals surface area contributed by atoms with Crippen LogP contribution in [0.1, 0.15) is 24.1 Å². The summed E-state index contributed by atoms with van der Waals surface area (Å²) in [5, 5.41) is 12.2. The molecule has 1 unspecified atom stereocenters. The van der Waals surface area contributed by atoms with Crippen molar-refractivity contribution in [2.24, 2.45) is 0 Å². The number of Topliss-reactive ketones (excluding diaryl/α,β-unsaturated/α-hetero) is 1. The zero-order chi connectivity index (χ0) is 23.8. The molecule has 1 aliphatic heterocycles. The van der Waals surface area contributed by atoms with Crippen LogP contribution >= 0.6 is 22.9 Å². The number of benzene rings is 3. The van der Waals surface area contributed by atoms with Gasteiger partial charge in [0.2, 0.25) is 0 Å². The maximum absolute atomic E-state index is 13.3. The van der Waals surface area contributed by atoms with Gasteiger partial charge in [-0.3, -0.25) is 14.5 Å². The van der Waals surface area contributed by atoms with E-state index in [0.717, 1.165) is 4.70 Å². The molecule has 0 radical (unpaired) electrons. The number of aliphatic hydroxyl groups excluding tert-OH is 1. The van der Waals surface area contributed by atoms with Gasteiger partial charge in [-0.25, -0.2) is 4.98 Å². The van der Waals surface area contributed by atoms with Crippen LogP contribution in [0.4, 0.5) is 5.13 Å². The third-order valence-electron chi connectivity index (χ3n) is 5.52. The first kappa shape index (κ1) is 22.1. The fourth-order valence-electron chi connectivity index (χ4n) is 4.03. The Kier molecular flexibility index (Phi) is 5.81. The molecule has 1 amide bonds. The number of amides is 1. The number of hydrogen-bond donors (Lipinski definition) is 1. The summed E-state index contributed by atoms with van der Waals surface area (Å²) in [6.07, 6.45) is 0. The largest absolute Gasteiger partial charge is 0.507 e. The van der Waals surface area contributed by atoms with Gasteiger partial charge in [-0.15, -0.1) is 0 Å². The number of fused-ring (bicyclic) bond motifs is 1. The highest BCUT2D eigenvalue weighted by atomic mass is 35.5. The summed E-state index contributed by atoms with van der Waals surface area (Å²) in [5.74, 6) is -1.23. The van der Waals surface area contributed by atoms with Crippen LogP contribution < -0.4 is 9.64 Å². The minimum Gasteiger partial charge on any atom is -0.507 e. The highest BCUT2D eigenvalue weighted by Gasteiger charge is 2.48. The number of anilines is 1. The fraction of sp³-hybridized carbons (Fsp3) is 0.115. The van der Waals surface area contributed by atoms with Gasteiger partial charge in [-0.2, -0.15) is 0 Å².